The first-order valence-corrected chi connectivity index (χ1v) is 17.9. The Balaban J connectivity index is 0.00000174. The molecule has 0 bridgehead atoms. The zero-order chi connectivity index (χ0) is 35.2. The van der Waals surface area contributed by atoms with Crippen molar-refractivity contribution in [2.45, 2.75) is 84.1 Å². The molecule has 2 N–H and O–H groups in total. The van der Waals surface area contributed by atoms with Crippen molar-refractivity contribution < 1.29 is 24.2 Å². The SMILES string of the molecule is CCCCCCCOc1ccc(-c2cnc(-c3ccc(CC(NC(=O)c4ccc(C(C)(C)C)s4)C(=O)N4CCC4)cc3)nc2)cc1.O=CO. The molecule has 2 aromatic heterocycles. The fourth-order valence-corrected chi connectivity index (χ4v) is 6.31. The highest BCUT2D eigenvalue weighted by Crippen LogP contribution is 2.30. The maximum absolute atomic E-state index is 13.3. The summed E-state index contributed by atoms with van der Waals surface area (Å²) in [6.45, 7) is 10.6. The maximum atomic E-state index is 13.3. The first-order valence-electron chi connectivity index (χ1n) is 17.0. The number of unbranched alkanes of at least 4 members (excludes halogenated alkanes) is 4. The molecular weight excluding hydrogens is 637 g/mol. The topological polar surface area (TPSA) is 122 Å². The average Bonchev–Trinajstić information content (AvgIpc) is 3.58. The van der Waals surface area contributed by atoms with Crippen LogP contribution < -0.4 is 10.1 Å². The second-order valence-corrected chi connectivity index (χ2v) is 14.3. The van der Waals surface area contributed by atoms with Crippen LogP contribution in [0, 0.1) is 0 Å². The van der Waals surface area contributed by atoms with Gasteiger partial charge in [0.05, 0.1) is 11.5 Å². The van der Waals surface area contributed by atoms with Gasteiger partial charge in [-0.15, -0.1) is 11.3 Å². The number of hydrogen-bond donors (Lipinski definition) is 2. The van der Waals surface area contributed by atoms with Crippen LogP contribution in [0.15, 0.2) is 73.1 Å². The van der Waals surface area contributed by atoms with E-state index in [0.717, 1.165) is 65.4 Å². The van der Waals surface area contributed by atoms with E-state index < -0.39 is 6.04 Å². The molecule has 1 unspecified atom stereocenters. The monoisotopic (exact) mass is 684 g/mol. The van der Waals surface area contributed by atoms with Crippen LogP contribution in [0.3, 0.4) is 0 Å². The number of amides is 2. The molecule has 260 valence electrons. The molecule has 0 spiro atoms. The largest absolute Gasteiger partial charge is 0.494 e. The first kappa shape index (κ1) is 37.3. The molecule has 4 aromatic rings. The van der Waals surface area contributed by atoms with E-state index in [9.17, 15) is 9.59 Å². The molecule has 1 aliphatic heterocycles. The summed E-state index contributed by atoms with van der Waals surface area (Å²) >= 11 is 1.48. The van der Waals surface area contributed by atoms with Gasteiger partial charge in [-0.25, -0.2) is 9.97 Å². The van der Waals surface area contributed by atoms with Crippen molar-refractivity contribution in [3.63, 3.8) is 0 Å². The smallest absolute Gasteiger partial charge is 0.290 e. The number of carbonyl (C=O) groups excluding carboxylic acids is 2. The summed E-state index contributed by atoms with van der Waals surface area (Å²) in [6.07, 6.45) is 11.2. The molecule has 2 aromatic carbocycles. The van der Waals surface area contributed by atoms with Gasteiger partial charge in [0.15, 0.2) is 5.82 Å². The minimum absolute atomic E-state index is 0.0304. The number of thiophene rings is 1. The van der Waals surface area contributed by atoms with Gasteiger partial charge in [-0.2, -0.15) is 0 Å². The van der Waals surface area contributed by atoms with Crippen LogP contribution in [0.1, 0.15) is 86.3 Å². The molecule has 1 aliphatic rings. The highest BCUT2D eigenvalue weighted by Gasteiger charge is 2.30. The van der Waals surface area contributed by atoms with Gasteiger partial charge < -0.3 is 20.1 Å². The third kappa shape index (κ3) is 11.0. The van der Waals surface area contributed by atoms with Crippen LogP contribution in [-0.2, 0) is 21.4 Å². The van der Waals surface area contributed by atoms with Gasteiger partial charge in [0.1, 0.15) is 11.8 Å². The van der Waals surface area contributed by atoms with E-state index >= 15 is 0 Å². The number of likely N-dealkylation sites (tertiary alicyclic amines) is 1. The van der Waals surface area contributed by atoms with Crippen molar-refractivity contribution in [1.29, 1.82) is 0 Å². The normalized spacial score (nSPS) is 13.0. The molecule has 5 rings (SSSR count). The van der Waals surface area contributed by atoms with Crippen LogP contribution >= 0.6 is 11.3 Å². The van der Waals surface area contributed by atoms with E-state index in [0.29, 0.717) is 17.1 Å². The zero-order valence-electron chi connectivity index (χ0n) is 29.0. The lowest BCUT2D eigenvalue weighted by molar-refractivity contribution is -0.136. The lowest BCUT2D eigenvalue weighted by Gasteiger charge is -2.34. The van der Waals surface area contributed by atoms with Gasteiger partial charge in [-0.3, -0.25) is 14.4 Å². The number of rotatable bonds is 14. The number of aromatic nitrogens is 2. The highest BCUT2D eigenvalue weighted by atomic mass is 32.1. The van der Waals surface area contributed by atoms with Crippen molar-refractivity contribution in [2.75, 3.05) is 19.7 Å². The maximum Gasteiger partial charge on any atom is 0.290 e. The van der Waals surface area contributed by atoms with Crippen LogP contribution in [0.2, 0.25) is 0 Å². The number of benzene rings is 2. The van der Waals surface area contributed by atoms with Crippen LogP contribution in [0.5, 0.6) is 5.75 Å². The summed E-state index contributed by atoms with van der Waals surface area (Å²) in [7, 11) is 0. The van der Waals surface area contributed by atoms with Crippen molar-refractivity contribution in [2.24, 2.45) is 0 Å². The Morgan fingerprint density at radius 2 is 1.55 bits per heavy atom. The molecule has 3 heterocycles. The number of carbonyl (C=O) groups is 3. The number of nitrogens with one attached hydrogen (secondary N) is 1. The Bertz CT molecular complexity index is 1630. The summed E-state index contributed by atoms with van der Waals surface area (Å²) in [4.78, 5) is 47.7. The number of carboxylic acid groups (broad SMARTS) is 1. The molecule has 1 atom stereocenters. The summed E-state index contributed by atoms with van der Waals surface area (Å²) in [5.74, 6) is 1.28. The van der Waals surface area contributed by atoms with E-state index in [4.69, 9.17) is 14.6 Å². The highest BCUT2D eigenvalue weighted by molar-refractivity contribution is 7.14. The molecule has 1 fully saturated rings. The van der Waals surface area contributed by atoms with Gasteiger partial charge in [0, 0.05) is 47.9 Å². The quantitative estimate of drug-likeness (QED) is 0.103. The minimum Gasteiger partial charge on any atom is -0.494 e. The first-order chi connectivity index (χ1) is 23.6. The fourth-order valence-electron chi connectivity index (χ4n) is 5.34. The van der Waals surface area contributed by atoms with Crippen LogP contribution in [-0.4, -0.2) is 64.0 Å². The number of nitrogens with zero attached hydrogens (tertiary/aromatic N) is 3. The molecule has 1 saturated heterocycles. The van der Waals surface area contributed by atoms with Crippen LogP contribution in [0.4, 0.5) is 0 Å². The lowest BCUT2D eigenvalue weighted by atomic mass is 9.95. The van der Waals surface area contributed by atoms with Crippen molar-refractivity contribution in [3.8, 4) is 28.3 Å². The van der Waals surface area contributed by atoms with Crippen molar-refractivity contribution >= 4 is 29.6 Å². The van der Waals surface area contributed by atoms with Crippen molar-refractivity contribution in [1.82, 2.24) is 20.2 Å². The lowest BCUT2D eigenvalue weighted by Crippen LogP contribution is -2.53. The van der Waals surface area contributed by atoms with E-state index in [1.807, 2.05) is 78.0 Å². The molecule has 0 aliphatic carbocycles. The molecule has 9 nitrogen and oxygen atoms in total. The summed E-state index contributed by atoms with van der Waals surface area (Å²) in [5, 5.41) is 9.92. The molecule has 0 saturated carbocycles. The molecule has 0 radical (unpaired) electrons. The van der Waals surface area contributed by atoms with Gasteiger partial charge in [0.2, 0.25) is 5.91 Å². The Labute approximate surface area is 293 Å². The van der Waals surface area contributed by atoms with Crippen molar-refractivity contribution in [3.05, 3.63) is 88.4 Å². The summed E-state index contributed by atoms with van der Waals surface area (Å²) < 4.78 is 5.90. The van der Waals surface area contributed by atoms with Crippen LogP contribution in [0.25, 0.3) is 22.5 Å². The second kappa shape index (κ2) is 18.3. The predicted octanol–water partition coefficient (Wildman–Crippen LogP) is 7.79. The summed E-state index contributed by atoms with van der Waals surface area (Å²) in [5.41, 5.74) is 3.80. The molecule has 49 heavy (non-hydrogen) atoms. The van der Waals surface area contributed by atoms with Gasteiger partial charge in [0.25, 0.3) is 12.4 Å². The second-order valence-electron chi connectivity index (χ2n) is 13.2. The van der Waals surface area contributed by atoms with Gasteiger partial charge in [-0.1, -0.05) is 89.8 Å². The fraction of sp³-hybridized carbons (Fsp3) is 0.410. The standard InChI is InChI=1S/C38H46N4O3S.CH2O2/c1-5-6-7-8-9-23-45-31-17-15-28(16-18-31)30-25-39-35(40-26-30)29-13-11-27(12-14-29)24-32(37(44)42-21-10-22-42)41-36(43)33-19-20-34(46-33)38(2,3)4;2-1-3/h11-20,25-26,32H,5-10,21-24H2,1-4H3,(H,41,43);1H,(H,2,3). The number of hydrogen-bond acceptors (Lipinski definition) is 7. The van der Waals surface area contributed by atoms with E-state index in [2.05, 4.69) is 43.0 Å². The molecule has 10 heteroatoms. The number of ether oxygens (including phenoxy) is 1. The van der Waals surface area contributed by atoms with E-state index in [1.54, 1.807) is 0 Å². The Hall–Kier alpha value is -4.57. The molecular formula is C39H48N4O5S. The minimum atomic E-state index is -0.628. The van der Waals surface area contributed by atoms with E-state index in [1.165, 1.54) is 37.0 Å². The van der Waals surface area contributed by atoms with Gasteiger partial charge in [-0.05, 0) is 53.6 Å². The Morgan fingerprint density at radius 1 is 0.918 bits per heavy atom. The third-order valence-corrected chi connectivity index (χ3v) is 9.86. The Kier molecular flexibility index (Phi) is 13.9. The third-order valence-electron chi connectivity index (χ3n) is 8.35. The predicted molar refractivity (Wildman–Crippen MR) is 195 cm³/mol. The molecule has 2 amide bonds. The van der Waals surface area contributed by atoms with E-state index in [-0.39, 0.29) is 23.7 Å². The summed E-state index contributed by atoms with van der Waals surface area (Å²) in [6, 6.07) is 19.2. The average molecular weight is 685 g/mol. The zero-order valence-corrected chi connectivity index (χ0v) is 29.8. The van der Waals surface area contributed by atoms with Gasteiger partial charge >= 0.3 is 0 Å². The Morgan fingerprint density at radius 3 is 2.12 bits per heavy atom.